The maximum atomic E-state index is 12.5. The van der Waals surface area contributed by atoms with E-state index in [4.69, 9.17) is 4.74 Å². The van der Waals surface area contributed by atoms with Crippen molar-refractivity contribution in [2.75, 3.05) is 51.7 Å². The summed E-state index contributed by atoms with van der Waals surface area (Å²) in [6, 6.07) is 0. The van der Waals surface area contributed by atoms with Gasteiger partial charge < -0.3 is 19.9 Å². The van der Waals surface area contributed by atoms with Gasteiger partial charge in [-0.1, -0.05) is 0 Å². The van der Waals surface area contributed by atoms with Gasteiger partial charge in [0.15, 0.2) is 0 Å². The number of hydrogen-bond acceptors (Lipinski definition) is 4. The van der Waals surface area contributed by atoms with E-state index in [1.807, 2.05) is 6.92 Å². The van der Waals surface area contributed by atoms with Gasteiger partial charge in [0.1, 0.15) is 31.2 Å². The number of esters is 1. The summed E-state index contributed by atoms with van der Waals surface area (Å²) in [6.07, 6.45) is 4.65. The van der Waals surface area contributed by atoms with Gasteiger partial charge in [0, 0.05) is 4.88 Å². The predicted molar refractivity (Wildman–Crippen MR) is 102 cm³/mol. The van der Waals surface area contributed by atoms with Crippen molar-refractivity contribution in [2.24, 2.45) is 0 Å². The van der Waals surface area contributed by atoms with Crippen molar-refractivity contribution in [1.82, 2.24) is 0 Å². The van der Waals surface area contributed by atoms with Crippen molar-refractivity contribution in [2.45, 2.75) is 39.0 Å². The van der Waals surface area contributed by atoms with Gasteiger partial charge in [0.2, 0.25) is 5.91 Å². The van der Waals surface area contributed by atoms with Crippen molar-refractivity contribution in [3.8, 4) is 0 Å². The average Bonchev–Trinajstić information content (AvgIpc) is 2.99. The third kappa shape index (κ3) is 4.64. The first-order valence-electron chi connectivity index (χ1n) is 9.84. The fourth-order valence-corrected chi connectivity index (χ4v) is 5.13. The van der Waals surface area contributed by atoms with E-state index in [1.54, 1.807) is 16.2 Å². The predicted octanol–water partition coefficient (Wildman–Crippen LogP) is -0.455. The molecule has 1 saturated heterocycles. The van der Waals surface area contributed by atoms with Gasteiger partial charge in [-0.25, -0.2) is 4.79 Å². The molecular weight excluding hydrogens is 350 g/mol. The Morgan fingerprint density at radius 3 is 2.62 bits per heavy atom. The van der Waals surface area contributed by atoms with E-state index < -0.39 is 0 Å². The van der Waals surface area contributed by atoms with Gasteiger partial charge >= 0.3 is 5.97 Å². The fourth-order valence-electron chi connectivity index (χ4n) is 3.83. The highest BCUT2D eigenvalue weighted by molar-refractivity contribution is 7.17. The quantitative estimate of drug-likeness (QED) is 0.585. The molecule has 0 aromatic carbocycles. The van der Waals surface area contributed by atoms with E-state index in [0.717, 1.165) is 50.9 Å². The first-order valence-corrected chi connectivity index (χ1v) is 10.7. The third-order valence-corrected chi connectivity index (χ3v) is 6.63. The normalized spacial score (nSPS) is 22.5. The van der Waals surface area contributed by atoms with Crippen LogP contribution in [-0.2, 0) is 22.4 Å². The average molecular weight is 382 g/mol. The summed E-state index contributed by atoms with van der Waals surface area (Å²) >= 11 is 1.56. The van der Waals surface area contributed by atoms with Crippen LogP contribution < -0.4 is 15.1 Å². The maximum Gasteiger partial charge on any atom is 0.341 e. The van der Waals surface area contributed by atoms with Crippen LogP contribution in [0.1, 0.15) is 47.0 Å². The van der Waals surface area contributed by atoms with Gasteiger partial charge in [0.25, 0.3) is 0 Å². The summed E-state index contributed by atoms with van der Waals surface area (Å²) in [4.78, 5) is 29.2. The van der Waals surface area contributed by atoms with Crippen molar-refractivity contribution < 1.29 is 24.1 Å². The molecule has 1 aromatic rings. The number of amides is 1. The van der Waals surface area contributed by atoms with Crippen LogP contribution >= 0.6 is 11.3 Å². The molecule has 0 radical (unpaired) electrons. The van der Waals surface area contributed by atoms with E-state index in [0.29, 0.717) is 23.6 Å². The Morgan fingerprint density at radius 1 is 1.15 bits per heavy atom. The molecule has 0 spiro atoms. The molecular formula is C19H31N3O3S+2. The molecule has 0 saturated carbocycles. The molecule has 1 fully saturated rings. The molecule has 6 nitrogen and oxygen atoms in total. The summed E-state index contributed by atoms with van der Waals surface area (Å²) in [7, 11) is 2.22. The molecule has 144 valence electrons. The number of rotatable bonds is 6. The zero-order chi connectivity index (χ0) is 18.5. The highest BCUT2D eigenvalue weighted by Crippen LogP contribution is 2.38. The molecule has 3 rings (SSSR count). The van der Waals surface area contributed by atoms with Crippen LogP contribution in [0.25, 0.3) is 0 Å². The Kier molecular flexibility index (Phi) is 6.67. The van der Waals surface area contributed by atoms with E-state index in [-0.39, 0.29) is 11.9 Å². The Labute approximate surface area is 159 Å². The lowest BCUT2D eigenvalue weighted by atomic mass is 9.95. The molecule has 0 atom stereocenters. The monoisotopic (exact) mass is 381 g/mol. The maximum absolute atomic E-state index is 12.5. The summed E-state index contributed by atoms with van der Waals surface area (Å²) in [5.74, 6) is -0.289. The minimum atomic E-state index is -0.296. The van der Waals surface area contributed by atoms with Crippen LogP contribution in [0.5, 0.6) is 0 Å². The van der Waals surface area contributed by atoms with Crippen molar-refractivity contribution in [3.05, 3.63) is 16.0 Å². The molecule has 1 aromatic heterocycles. The topological polar surface area (TPSA) is 64.3 Å². The summed E-state index contributed by atoms with van der Waals surface area (Å²) in [5.41, 5.74) is 1.71. The van der Waals surface area contributed by atoms with Crippen LogP contribution in [0.4, 0.5) is 5.00 Å². The lowest BCUT2D eigenvalue weighted by Crippen LogP contribution is -3.27. The number of anilines is 1. The molecule has 3 N–H and O–H groups in total. The van der Waals surface area contributed by atoms with Gasteiger partial charge in [-0.15, -0.1) is 11.3 Å². The third-order valence-electron chi connectivity index (χ3n) is 5.42. The van der Waals surface area contributed by atoms with Crippen LogP contribution in [0.15, 0.2) is 0 Å². The number of fused-ring (bicyclic) bond motifs is 1. The summed E-state index contributed by atoms with van der Waals surface area (Å²) in [5, 5.41) is 3.71. The smallest absolute Gasteiger partial charge is 0.341 e. The molecule has 1 aliphatic heterocycles. The Balaban J connectivity index is 1.63. The second-order valence-electron chi connectivity index (χ2n) is 7.39. The van der Waals surface area contributed by atoms with Gasteiger partial charge in [0.05, 0.1) is 32.2 Å². The van der Waals surface area contributed by atoms with Crippen LogP contribution in [0, 0.1) is 0 Å². The van der Waals surface area contributed by atoms with Crippen LogP contribution in [0.3, 0.4) is 0 Å². The molecule has 26 heavy (non-hydrogen) atoms. The summed E-state index contributed by atoms with van der Waals surface area (Å²) in [6.45, 7) is 7.62. The Morgan fingerprint density at radius 2 is 1.88 bits per heavy atom. The van der Waals surface area contributed by atoms with E-state index in [2.05, 4.69) is 12.4 Å². The lowest BCUT2D eigenvalue weighted by molar-refractivity contribution is -1.00. The number of hydrogen-bond donors (Lipinski definition) is 3. The number of likely N-dealkylation sites (N-methyl/N-ethyl adjacent to an activating group) is 1. The van der Waals surface area contributed by atoms with Crippen LogP contribution in [0.2, 0.25) is 0 Å². The number of ether oxygens (including phenoxy) is 1. The molecule has 2 heterocycles. The second-order valence-corrected chi connectivity index (χ2v) is 8.50. The van der Waals surface area contributed by atoms with Crippen molar-refractivity contribution >= 4 is 28.2 Å². The molecule has 2 aliphatic rings. The highest BCUT2D eigenvalue weighted by atomic mass is 32.1. The molecule has 0 bridgehead atoms. The number of aryl methyl sites for hydroxylation is 1. The van der Waals surface area contributed by atoms with E-state index >= 15 is 0 Å². The highest BCUT2D eigenvalue weighted by Gasteiger charge is 2.27. The number of quaternary nitrogens is 2. The standard InChI is InChI=1S/C19H29N3O3S/c1-3-25-19(24)17-14-6-4-5-7-15(14)26-18(17)20-16(23)8-9-22-12-10-21(2)11-13-22/h3-13H2,1-2H3,(H,20,23)/p+2. The van der Waals surface area contributed by atoms with Crippen molar-refractivity contribution in [3.63, 3.8) is 0 Å². The molecule has 1 aliphatic carbocycles. The van der Waals surface area contributed by atoms with Gasteiger partial charge in [-0.05, 0) is 38.2 Å². The SMILES string of the molecule is CCOC(=O)c1c(NC(=O)CC[NH+]2CC[NH+](C)CC2)sc2c1CCCC2. The molecule has 0 unspecified atom stereocenters. The first-order chi connectivity index (χ1) is 12.6. The molecule has 1 amide bonds. The minimum Gasteiger partial charge on any atom is -0.462 e. The first kappa shape index (κ1) is 19.3. The zero-order valence-electron chi connectivity index (χ0n) is 15.9. The number of carbonyl (C=O) groups is 2. The van der Waals surface area contributed by atoms with Crippen molar-refractivity contribution in [1.29, 1.82) is 0 Å². The van der Waals surface area contributed by atoms with Crippen LogP contribution in [-0.4, -0.2) is 58.3 Å². The lowest BCUT2D eigenvalue weighted by Gasteiger charge is -2.27. The van der Waals surface area contributed by atoms with Gasteiger partial charge in [-0.3, -0.25) is 4.79 Å². The zero-order valence-corrected chi connectivity index (χ0v) is 16.7. The van der Waals surface area contributed by atoms with Gasteiger partial charge in [-0.2, -0.15) is 0 Å². The largest absolute Gasteiger partial charge is 0.462 e. The Hall–Kier alpha value is -1.44. The number of carbonyl (C=O) groups excluding carboxylic acids is 2. The number of thiophene rings is 1. The van der Waals surface area contributed by atoms with E-state index in [9.17, 15) is 9.59 Å². The Bertz CT molecular complexity index is 651. The number of nitrogens with one attached hydrogen (secondary N) is 3. The number of piperazine rings is 1. The molecule has 7 heteroatoms. The summed E-state index contributed by atoms with van der Waals surface area (Å²) < 4.78 is 5.25. The second kappa shape index (κ2) is 8.97. The minimum absolute atomic E-state index is 0.00733. The van der Waals surface area contributed by atoms with E-state index in [1.165, 1.54) is 22.9 Å². The fraction of sp³-hybridized carbons (Fsp3) is 0.684.